The summed E-state index contributed by atoms with van der Waals surface area (Å²) in [5, 5.41) is 15.3. The molecule has 278 valence electrons. The highest BCUT2D eigenvalue weighted by Gasteiger charge is 2.22. The largest absolute Gasteiger partial charge is 0.308 e. The van der Waals surface area contributed by atoms with E-state index in [-0.39, 0.29) is 0 Å². The van der Waals surface area contributed by atoms with E-state index in [1.807, 2.05) is 11.3 Å². The van der Waals surface area contributed by atoms with Gasteiger partial charge in [-0.25, -0.2) is 0 Å². The van der Waals surface area contributed by atoms with Gasteiger partial charge in [-0.3, -0.25) is 0 Å². The summed E-state index contributed by atoms with van der Waals surface area (Å²) >= 11 is 1.89. The first-order valence-corrected chi connectivity index (χ1v) is 21.5. The quantitative estimate of drug-likeness (QED) is 0.157. The molecule has 0 aliphatic heterocycles. The predicted octanol–water partition coefficient (Wildman–Crippen LogP) is 16.8. The summed E-state index contributed by atoms with van der Waals surface area (Å²) < 4.78 is 5.10. The number of hydrogen-bond acceptors (Lipinski definition) is 1. The highest BCUT2D eigenvalue weighted by atomic mass is 32.1. The number of fused-ring (bicyclic) bond motifs is 10. The van der Waals surface area contributed by atoms with E-state index >= 15 is 0 Å². The molecule has 60 heavy (non-hydrogen) atoms. The van der Waals surface area contributed by atoms with Crippen molar-refractivity contribution in [1.29, 1.82) is 0 Å². The summed E-state index contributed by atoms with van der Waals surface area (Å²) in [5.74, 6) is 0. The molecule has 13 rings (SSSR count). The van der Waals surface area contributed by atoms with Gasteiger partial charge in [0.05, 0.1) is 16.7 Å². The van der Waals surface area contributed by atoms with Crippen molar-refractivity contribution in [3.8, 4) is 39.1 Å². The van der Waals surface area contributed by atoms with Crippen LogP contribution in [-0.4, -0.2) is 4.57 Å². The van der Waals surface area contributed by atoms with Crippen molar-refractivity contribution in [2.45, 2.75) is 0 Å². The lowest BCUT2D eigenvalue weighted by Crippen LogP contribution is -1.99. The Morgan fingerprint density at radius 2 is 0.650 bits per heavy atom. The normalized spacial score (nSPS) is 12.0. The first kappa shape index (κ1) is 33.5. The van der Waals surface area contributed by atoms with Gasteiger partial charge < -0.3 is 4.57 Å². The summed E-state index contributed by atoms with van der Waals surface area (Å²) in [4.78, 5) is 0. The van der Waals surface area contributed by atoms with Crippen molar-refractivity contribution < 1.29 is 0 Å². The number of rotatable bonds is 4. The van der Waals surface area contributed by atoms with Crippen LogP contribution >= 0.6 is 11.3 Å². The van der Waals surface area contributed by atoms with Crippen LogP contribution in [0.25, 0.3) is 124 Å². The first-order chi connectivity index (χ1) is 29.8. The molecule has 2 heterocycles. The Labute approximate surface area is 350 Å². The number of hydrogen-bond donors (Lipinski definition) is 0. The molecule has 0 N–H and O–H groups in total. The van der Waals surface area contributed by atoms with Crippen molar-refractivity contribution in [3.05, 3.63) is 212 Å². The van der Waals surface area contributed by atoms with Crippen LogP contribution in [0.15, 0.2) is 212 Å². The summed E-state index contributed by atoms with van der Waals surface area (Å²) in [6.45, 7) is 0. The van der Waals surface area contributed by atoms with Crippen LogP contribution in [0, 0.1) is 0 Å². The van der Waals surface area contributed by atoms with Gasteiger partial charge in [-0.15, -0.1) is 11.3 Å². The fourth-order valence-electron chi connectivity index (χ4n) is 10.3. The zero-order valence-electron chi connectivity index (χ0n) is 32.6. The molecule has 0 saturated carbocycles. The minimum atomic E-state index is 1.22. The van der Waals surface area contributed by atoms with Gasteiger partial charge >= 0.3 is 0 Å². The van der Waals surface area contributed by atoms with Crippen molar-refractivity contribution in [2.75, 3.05) is 0 Å². The van der Waals surface area contributed by atoms with Crippen molar-refractivity contribution in [3.63, 3.8) is 0 Å². The third-order valence-corrected chi connectivity index (χ3v) is 13.9. The van der Waals surface area contributed by atoms with E-state index in [9.17, 15) is 0 Å². The second kappa shape index (κ2) is 13.0. The number of benzene rings is 11. The van der Waals surface area contributed by atoms with E-state index in [4.69, 9.17) is 0 Å². The van der Waals surface area contributed by atoms with Crippen LogP contribution in [-0.2, 0) is 0 Å². The van der Waals surface area contributed by atoms with Gasteiger partial charge in [0.15, 0.2) is 0 Å². The molecule has 0 aliphatic carbocycles. The van der Waals surface area contributed by atoms with Gasteiger partial charge in [-0.2, -0.15) is 0 Å². The minimum absolute atomic E-state index is 1.22. The Morgan fingerprint density at radius 3 is 1.18 bits per heavy atom. The second-order valence-electron chi connectivity index (χ2n) is 15.9. The van der Waals surface area contributed by atoms with Crippen LogP contribution in [0.3, 0.4) is 0 Å². The molecule has 11 aromatic carbocycles. The average molecular weight is 778 g/mol. The first-order valence-electron chi connectivity index (χ1n) is 20.7. The van der Waals surface area contributed by atoms with Crippen LogP contribution < -0.4 is 0 Å². The summed E-state index contributed by atoms with van der Waals surface area (Å²) in [6, 6.07) is 78.6. The van der Waals surface area contributed by atoms with Crippen molar-refractivity contribution in [2.24, 2.45) is 0 Å². The number of para-hydroxylation sites is 2. The van der Waals surface area contributed by atoms with Crippen molar-refractivity contribution >= 4 is 96.4 Å². The van der Waals surface area contributed by atoms with Gasteiger partial charge in [0.2, 0.25) is 0 Å². The topological polar surface area (TPSA) is 4.93 Å². The smallest absolute Gasteiger partial charge is 0.0619 e. The molecule has 2 aromatic heterocycles. The van der Waals surface area contributed by atoms with Gasteiger partial charge in [-0.05, 0) is 96.0 Å². The molecule has 13 aromatic rings. The molecule has 0 fully saturated rings. The fourth-order valence-corrected chi connectivity index (χ4v) is 11.4. The summed E-state index contributed by atoms with van der Waals surface area (Å²) in [7, 11) is 0. The van der Waals surface area contributed by atoms with Gasteiger partial charge in [0.25, 0.3) is 0 Å². The SMILES string of the molecule is c1ccc(-c2c3ccccc3c(-c3ccc4c(c3)sc3ccc(-c5c6ccccc6c(-n6c7ccccc7c7ccccc76)c6ccccc56)cc34)c3ccccc23)cc1. The minimum Gasteiger partial charge on any atom is -0.308 e. The van der Waals surface area contributed by atoms with Crippen molar-refractivity contribution in [1.82, 2.24) is 4.57 Å². The number of thiophene rings is 1. The highest BCUT2D eigenvalue weighted by Crippen LogP contribution is 2.48. The van der Waals surface area contributed by atoms with Crippen LogP contribution in [0.4, 0.5) is 0 Å². The molecule has 2 heteroatoms. The van der Waals surface area contributed by atoms with Crippen LogP contribution in [0.5, 0.6) is 0 Å². The Morgan fingerprint density at radius 1 is 0.250 bits per heavy atom. The maximum atomic E-state index is 2.49. The number of aromatic nitrogens is 1. The van der Waals surface area contributed by atoms with Crippen LogP contribution in [0.2, 0.25) is 0 Å². The van der Waals surface area contributed by atoms with E-state index < -0.39 is 0 Å². The van der Waals surface area contributed by atoms with Crippen LogP contribution in [0.1, 0.15) is 0 Å². The molecule has 0 bridgehead atoms. The monoisotopic (exact) mass is 777 g/mol. The Bertz CT molecular complexity index is 3720. The molecule has 0 amide bonds. The Kier molecular flexibility index (Phi) is 7.24. The summed E-state index contributed by atoms with van der Waals surface area (Å²) in [5.41, 5.74) is 11.3. The third-order valence-electron chi connectivity index (χ3n) is 12.7. The van der Waals surface area contributed by atoms with E-state index in [0.29, 0.717) is 0 Å². The molecule has 1 nitrogen and oxygen atoms in total. The lowest BCUT2D eigenvalue weighted by Gasteiger charge is -2.19. The average Bonchev–Trinajstić information content (AvgIpc) is 3.85. The van der Waals surface area contributed by atoms with Gasteiger partial charge in [0.1, 0.15) is 0 Å². The molecular formula is C58H35NS. The zero-order valence-corrected chi connectivity index (χ0v) is 33.4. The lowest BCUT2D eigenvalue weighted by molar-refractivity contribution is 1.21. The van der Waals surface area contributed by atoms with E-state index in [1.54, 1.807) is 0 Å². The Balaban J connectivity index is 1.03. The standard InChI is InChI=1S/C58H35NS/c1-2-16-36(17-3-1)55-42-20-4-6-22-44(42)57(45-23-7-5-21-43(45)55)38-30-32-41-50-34-37(31-33-53(50)60-54(41)35-38)56-46-24-8-10-26-48(46)58(49-27-11-9-25-47(49)56)59-51-28-14-12-18-39(51)40-19-13-15-29-52(40)59/h1-35H. The summed E-state index contributed by atoms with van der Waals surface area (Å²) in [6.07, 6.45) is 0. The Hall–Kier alpha value is -7.52. The predicted molar refractivity (Wildman–Crippen MR) is 260 cm³/mol. The molecule has 0 unspecified atom stereocenters. The van der Waals surface area contributed by atoms with E-state index in [0.717, 1.165) is 0 Å². The van der Waals surface area contributed by atoms with Gasteiger partial charge in [-0.1, -0.05) is 182 Å². The molecule has 0 atom stereocenters. The molecule has 0 spiro atoms. The maximum Gasteiger partial charge on any atom is 0.0619 e. The molecular weight excluding hydrogens is 743 g/mol. The zero-order chi connectivity index (χ0) is 39.3. The lowest BCUT2D eigenvalue weighted by atomic mass is 9.86. The van der Waals surface area contributed by atoms with Gasteiger partial charge in [0, 0.05) is 41.7 Å². The maximum absolute atomic E-state index is 2.49. The molecule has 0 saturated heterocycles. The van der Waals surface area contributed by atoms with E-state index in [1.165, 1.54) is 124 Å². The highest BCUT2D eigenvalue weighted by molar-refractivity contribution is 7.25. The molecule has 0 aliphatic rings. The molecule has 0 radical (unpaired) electrons. The fraction of sp³-hybridized carbons (Fsp3) is 0. The second-order valence-corrected chi connectivity index (χ2v) is 17.0. The number of nitrogens with zero attached hydrogens (tertiary/aromatic N) is 1. The third kappa shape index (κ3) is 4.80. The van der Waals surface area contributed by atoms with E-state index in [2.05, 4.69) is 217 Å².